The monoisotopic (exact) mass is 399 g/mol. The number of likely N-dealkylation sites (N-methyl/N-ethyl adjacent to an activating group) is 1. The van der Waals surface area contributed by atoms with E-state index in [9.17, 15) is 4.79 Å². The lowest BCUT2D eigenvalue weighted by atomic mass is 10.0. The Bertz CT molecular complexity index is 681. The van der Waals surface area contributed by atoms with Crippen molar-refractivity contribution in [1.82, 2.24) is 15.1 Å². The molecule has 2 aromatic rings. The first-order chi connectivity index (χ1) is 11.6. The number of benzene rings is 1. The number of thiophene rings is 1. The summed E-state index contributed by atoms with van der Waals surface area (Å²) in [7, 11) is 1.87. The fraction of sp³-hybridized carbons (Fsp3) is 0.389. The number of nitrogens with zero attached hydrogens (tertiary/aromatic N) is 2. The Kier molecular flexibility index (Phi) is 7.72. The van der Waals surface area contributed by atoms with Crippen LogP contribution in [0.25, 0.3) is 0 Å². The molecular formula is C18H23Cl2N3OS. The summed E-state index contributed by atoms with van der Waals surface area (Å²) in [5.41, 5.74) is 1.16. The Balaban J connectivity index is 0.00000225. The van der Waals surface area contributed by atoms with Crippen molar-refractivity contribution in [3.63, 3.8) is 0 Å². The number of carbonyl (C=O) groups excluding carboxylic acids is 1. The van der Waals surface area contributed by atoms with Gasteiger partial charge < -0.3 is 10.2 Å². The van der Waals surface area contributed by atoms with Crippen LogP contribution in [-0.2, 0) is 11.3 Å². The average molecular weight is 400 g/mol. The van der Waals surface area contributed by atoms with Crippen molar-refractivity contribution in [2.75, 3.05) is 33.2 Å². The summed E-state index contributed by atoms with van der Waals surface area (Å²) in [5.74, 6) is 0.150. The predicted molar refractivity (Wildman–Crippen MR) is 107 cm³/mol. The van der Waals surface area contributed by atoms with Gasteiger partial charge in [0.1, 0.15) is 0 Å². The highest BCUT2D eigenvalue weighted by molar-refractivity contribution is 7.09. The van der Waals surface area contributed by atoms with E-state index in [4.69, 9.17) is 11.6 Å². The largest absolute Gasteiger partial charge is 0.340 e. The van der Waals surface area contributed by atoms with Crippen LogP contribution in [-0.4, -0.2) is 48.9 Å². The molecule has 1 aliphatic heterocycles. The third kappa shape index (κ3) is 5.43. The minimum atomic E-state index is 0. The van der Waals surface area contributed by atoms with Gasteiger partial charge in [-0.2, -0.15) is 0 Å². The highest BCUT2D eigenvalue weighted by atomic mass is 35.5. The number of carbonyl (C=O) groups is 1. The van der Waals surface area contributed by atoms with E-state index in [1.165, 1.54) is 4.88 Å². The molecule has 1 N–H and O–H groups in total. The molecule has 0 bridgehead atoms. The second-order valence-corrected chi connectivity index (χ2v) is 7.54. The molecule has 1 aromatic carbocycles. The van der Waals surface area contributed by atoms with Gasteiger partial charge in [-0.15, -0.1) is 23.7 Å². The Morgan fingerprint density at radius 3 is 2.96 bits per heavy atom. The van der Waals surface area contributed by atoms with Gasteiger partial charge in [-0.25, -0.2) is 0 Å². The minimum absolute atomic E-state index is 0. The summed E-state index contributed by atoms with van der Waals surface area (Å²) in [6, 6.07) is 12.2. The Morgan fingerprint density at radius 1 is 1.40 bits per heavy atom. The molecule has 1 aromatic heterocycles. The molecule has 1 atom stereocenters. The first-order valence-corrected chi connectivity index (χ1v) is 9.36. The number of rotatable bonds is 5. The summed E-state index contributed by atoms with van der Waals surface area (Å²) in [4.78, 5) is 17.9. The third-order valence-electron chi connectivity index (χ3n) is 4.32. The third-order valence-corrected chi connectivity index (χ3v) is 5.42. The number of piperazine rings is 1. The number of hydrogen-bond donors (Lipinski definition) is 1. The summed E-state index contributed by atoms with van der Waals surface area (Å²) in [5, 5.41) is 6.19. The average Bonchev–Trinajstić information content (AvgIpc) is 3.08. The van der Waals surface area contributed by atoms with E-state index in [1.807, 2.05) is 41.6 Å². The number of halogens is 2. The standard InChI is InChI=1S/C18H22ClN3OS.ClH/c1-21(12-16-6-3-9-24-16)18(23)13-22-8-7-20-11-17(22)14-4-2-5-15(19)10-14;/h2-6,9-10,17,20H,7-8,11-13H2,1H3;1H. The lowest BCUT2D eigenvalue weighted by molar-refractivity contribution is -0.132. The van der Waals surface area contributed by atoms with Gasteiger partial charge in [0.25, 0.3) is 0 Å². The molecule has 3 rings (SSSR count). The Hall–Kier alpha value is -1.11. The van der Waals surface area contributed by atoms with Crippen molar-refractivity contribution >= 4 is 41.3 Å². The normalized spacial score (nSPS) is 17.8. The zero-order chi connectivity index (χ0) is 16.9. The van der Waals surface area contributed by atoms with E-state index >= 15 is 0 Å². The molecule has 1 saturated heterocycles. The fourth-order valence-corrected chi connectivity index (χ4v) is 3.95. The van der Waals surface area contributed by atoms with Gasteiger partial charge in [-0.1, -0.05) is 29.8 Å². The van der Waals surface area contributed by atoms with E-state index < -0.39 is 0 Å². The lowest BCUT2D eigenvalue weighted by Crippen LogP contribution is -2.49. The molecule has 1 amide bonds. The summed E-state index contributed by atoms with van der Waals surface area (Å²) < 4.78 is 0. The van der Waals surface area contributed by atoms with Crippen molar-refractivity contribution in [3.05, 3.63) is 57.2 Å². The maximum atomic E-state index is 12.6. The second kappa shape index (κ2) is 9.55. The van der Waals surface area contributed by atoms with Crippen LogP contribution in [0.2, 0.25) is 5.02 Å². The van der Waals surface area contributed by atoms with Crippen LogP contribution in [0, 0.1) is 0 Å². The first kappa shape index (κ1) is 20.2. The zero-order valence-electron chi connectivity index (χ0n) is 14.2. The molecule has 0 aliphatic carbocycles. The van der Waals surface area contributed by atoms with Crippen LogP contribution < -0.4 is 5.32 Å². The van der Waals surface area contributed by atoms with E-state index in [1.54, 1.807) is 11.3 Å². The highest BCUT2D eigenvalue weighted by Crippen LogP contribution is 2.24. The van der Waals surface area contributed by atoms with Gasteiger partial charge in [-0.05, 0) is 29.1 Å². The molecule has 25 heavy (non-hydrogen) atoms. The van der Waals surface area contributed by atoms with Crippen LogP contribution in [0.3, 0.4) is 0 Å². The van der Waals surface area contributed by atoms with Crippen LogP contribution >= 0.6 is 35.3 Å². The second-order valence-electron chi connectivity index (χ2n) is 6.07. The summed E-state index contributed by atoms with van der Waals surface area (Å²) in [6.07, 6.45) is 0. The summed E-state index contributed by atoms with van der Waals surface area (Å²) >= 11 is 7.82. The number of amides is 1. The van der Waals surface area contributed by atoms with E-state index in [2.05, 4.69) is 22.3 Å². The van der Waals surface area contributed by atoms with Gasteiger partial charge in [0.05, 0.1) is 13.1 Å². The van der Waals surface area contributed by atoms with Crippen LogP contribution in [0.1, 0.15) is 16.5 Å². The van der Waals surface area contributed by atoms with E-state index in [0.29, 0.717) is 13.1 Å². The smallest absolute Gasteiger partial charge is 0.236 e. The zero-order valence-corrected chi connectivity index (χ0v) is 16.5. The van der Waals surface area contributed by atoms with Crippen LogP contribution in [0.15, 0.2) is 41.8 Å². The molecule has 2 heterocycles. The molecule has 1 aliphatic rings. The van der Waals surface area contributed by atoms with Gasteiger partial charge in [0, 0.05) is 42.6 Å². The molecule has 0 saturated carbocycles. The predicted octanol–water partition coefficient (Wildman–Crippen LogP) is 3.43. The molecular weight excluding hydrogens is 377 g/mol. The molecule has 7 heteroatoms. The number of hydrogen-bond acceptors (Lipinski definition) is 4. The fourth-order valence-electron chi connectivity index (χ4n) is 3.00. The van der Waals surface area contributed by atoms with Crippen molar-refractivity contribution in [2.45, 2.75) is 12.6 Å². The first-order valence-electron chi connectivity index (χ1n) is 8.10. The van der Waals surface area contributed by atoms with Crippen molar-refractivity contribution in [3.8, 4) is 0 Å². The van der Waals surface area contributed by atoms with Crippen molar-refractivity contribution in [1.29, 1.82) is 0 Å². The quantitative estimate of drug-likeness (QED) is 0.836. The van der Waals surface area contributed by atoms with E-state index in [0.717, 1.165) is 30.2 Å². The Morgan fingerprint density at radius 2 is 2.24 bits per heavy atom. The van der Waals surface area contributed by atoms with Crippen LogP contribution in [0.4, 0.5) is 0 Å². The van der Waals surface area contributed by atoms with Gasteiger partial charge in [-0.3, -0.25) is 9.69 Å². The minimum Gasteiger partial charge on any atom is -0.340 e. The van der Waals surface area contributed by atoms with Crippen LogP contribution in [0.5, 0.6) is 0 Å². The molecule has 0 radical (unpaired) electrons. The maximum absolute atomic E-state index is 12.6. The Labute approximate surface area is 164 Å². The van der Waals surface area contributed by atoms with E-state index in [-0.39, 0.29) is 24.4 Å². The molecule has 0 spiro atoms. The molecule has 1 unspecified atom stereocenters. The molecule has 136 valence electrons. The lowest BCUT2D eigenvalue weighted by Gasteiger charge is -2.36. The van der Waals surface area contributed by atoms with Crippen molar-refractivity contribution < 1.29 is 4.79 Å². The molecule has 1 fully saturated rings. The SMILES string of the molecule is CN(Cc1cccs1)C(=O)CN1CCNCC1c1cccc(Cl)c1.Cl. The summed E-state index contributed by atoms with van der Waals surface area (Å²) in [6.45, 7) is 3.70. The maximum Gasteiger partial charge on any atom is 0.236 e. The van der Waals surface area contributed by atoms with Gasteiger partial charge in [0.2, 0.25) is 5.91 Å². The van der Waals surface area contributed by atoms with Crippen molar-refractivity contribution in [2.24, 2.45) is 0 Å². The highest BCUT2D eigenvalue weighted by Gasteiger charge is 2.26. The number of nitrogens with one attached hydrogen (secondary N) is 1. The molecule has 4 nitrogen and oxygen atoms in total. The van der Waals surface area contributed by atoms with Gasteiger partial charge in [0.15, 0.2) is 0 Å². The van der Waals surface area contributed by atoms with Gasteiger partial charge >= 0.3 is 0 Å². The topological polar surface area (TPSA) is 35.6 Å².